The molecule has 0 radical (unpaired) electrons. The second-order valence-corrected chi connectivity index (χ2v) is 7.84. The van der Waals surface area contributed by atoms with Gasteiger partial charge in [0, 0.05) is 6.42 Å². The number of amides is 1. The third kappa shape index (κ3) is 4.01. The van der Waals surface area contributed by atoms with E-state index in [-0.39, 0.29) is 24.1 Å². The Morgan fingerprint density at radius 2 is 1.73 bits per heavy atom. The van der Waals surface area contributed by atoms with Crippen LogP contribution < -0.4 is 10.3 Å². The molecule has 33 heavy (non-hydrogen) atoms. The number of nitrogens with zero attached hydrogens (tertiary/aromatic N) is 4. The van der Waals surface area contributed by atoms with Crippen molar-refractivity contribution in [1.82, 2.24) is 14.6 Å². The largest absolute Gasteiger partial charge is 0.497 e. The Morgan fingerprint density at radius 3 is 2.48 bits per heavy atom. The summed E-state index contributed by atoms with van der Waals surface area (Å²) in [5.41, 5.74) is 3.10. The van der Waals surface area contributed by atoms with Gasteiger partial charge in [0.25, 0.3) is 11.5 Å². The van der Waals surface area contributed by atoms with Crippen molar-refractivity contribution in [3.05, 3.63) is 107 Å². The van der Waals surface area contributed by atoms with Gasteiger partial charge in [-0.05, 0) is 35.4 Å². The highest BCUT2D eigenvalue weighted by Gasteiger charge is 2.33. The summed E-state index contributed by atoms with van der Waals surface area (Å²) in [4.78, 5) is 30.6. The number of carbonyl (C=O) groups is 1. The number of rotatable bonds is 5. The zero-order valence-electron chi connectivity index (χ0n) is 18.1. The van der Waals surface area contributed by atoms with Gasteiger partial charge in [-0.3, -0.25) is 14.2 Å². The van der Waals surface area contributed by atoms with Gasteiger partial charge < -0.3 is 4.74 Å². The summed E-state index contributed by atoms with van der Waals surface area (Å²) in [6.45, 7) is -0.144. The van der Waals surface area contributed by atoms with Crippen LogP contribution in [0.5, 0.6) is 5.75 Å². The molecule has 164 valence electrons. The standard InChI is InChI=1S/C26H22N4O3/c1-33-20-13-11-19(12-14-20)24-15-23(18-7-3-2-4-8-18)28-30(24)25(31)16-29-17-27-22-10-6-5-9-21(22)26(29)32/h2-14,17,24H,15-16H2,1H3/t24-/m0/s1. The predicted molar refractivity (Wildman–Crippen MR) is 126 cm³/mol. The number of methoxy groups -OCH3 is 1. The van der Waals surface area contributed by atoms with E-state index in [0.29, 0.717) is 17.3 Å². The van der Waals surface area contributed by atoms with Crippen LogP contribution in [-0.2, 0) is 11.3 Å². The molecule has 0 bridgehead atoms. The number of carbonyl (C=O) groups excluding carboxylic acids is 1. The first kappa shape index (κ1) is 20.6. The maximum absolute atomic E-state index is 13.4. The summed E-state index contributed by atoms with van der Waals surface area (Å²) in [5, 5.41) is 6.65. The van der Waals surface area contributed by atoms with Crippen LogP contribution in [0.2, 0.25) is 0 Å². The maximum atomic E-state index is 13.4. The van der Waals surface area contributed by atoms with Gasteiger partial charge >= 0.3 is 0 Å². The van der Waals surface area contributed by atoms with Crippen LogP contribution in [0.15, 0.2) is 95.1 Å². The molecule has 1 aliphatic heterocycles. The molecular formula is C26H22N4O3. The Hall–Kier alpha value is -4.26. The van der Waals surface area contributed by atoms with Crippen LogP contribution in [-0.4, -0.2) is 33.3 Å². The van der Waals surface area contributed by atoms with E-state index in [2.05, 4.69) is 10.1 Å². The molecule has 0 saturated heterocycles. The average Bonchev–Trinajstić information content (AvgIpc) is 3.32. The molecule has 1 aromatic heterocycles. The normalized spacial score (nSPS) is 15.5. The highest BCUT2D eigenvalue weighted by Crippen LogP contribution is 2.33. The number of para-hydroxylation sites is 1. The van der Waals surface area contributed by atoms with Crippen LogP contribution >= 0.6 is 0 Å². The van der Waals surface area contributed by atoms with Crippen molar-refractivity contribution in [2.75, 3.05) is 7.11 Å². The summed E-state index contributed by atoms with van der Waals surface area (Å²) >= 11 is 0. The number of hydrogen-bond acceptors (Lipinski definition) is 5. The van der Waals surface area contributed by atoms with E-state index in [1.807, 2.05) is 60.7 Å². The Labute approximate surface area is 190 Å². The van der Waals surface area contributed by atoms with Gasteiger partial charge in [0.1, 0.15) is 12.3 Å². The fraction of sp³-hybridized carbons (Fsp3) is 0.154. The Balaban J connectivity index is 1.49. The van der Waals surface area contributed by atoms with Crippen LogP contribution in [0.4, 0.5) is 0 Å². The third-order valence-electron chi connectivity index (χ3n) is 5.81. The Bertz CT molecular complexity index is 1390. The third-order valence-corrected chi connectivity index (χ3v) is 5.81. The summed E-state index contributed by atoms with van der Waals surface area (Å²) < 4.78 is 6.61. The molecule has 0 spiro atoms. The maximum Gasteiger partial charge on any atom is 0.263 e. The van der Waals surface area contributed by atoms with Gasteiger partial charge in [0.2, 0.25) is 0 Å². The number of aromatic nitrogens is 2. The van der Waals surface area contributed by atoms with Crippen LogP contribution in [0.3, 0.4) is 0 Å². The fourth-order valence-electron chi connectivity index (χ4n) is 4.07. The van der Waals surface area contributed by atoms with Gasteiger partial charge in [0.05, 0.1) is 36.1 Å². The lowest BCUT2D eigenvalue weighted by atomic mass is 9.98. The molecule has 0 fully saturated rings. The number of benzene rings is 3. The van der Waals surface area contributed by atoms with Crippen molar-refractivity contribution in [3.63, 3.8) is 0 Å². The lowest BCUT2D eigenvalue weighted by Crippen LogP contribution is -2.34. The lowest BCUT2D eigenvalue weighted by molar-refractivity contribution is -0.133. The van der Waals surface area contributed by atoms with Crippen molar-refractivity contribution in [1.29, 1.82) is 0 Å². The first-order valence-electron chi connectivity index (χ1n) is 10.7. The summed E-state index contributed by atoms with van der Waals surface area (Å²) in [5.74, 6) is 0.466. The fourth-order valence-corrected chi connectivity index (χ4v) is 4.07. The van der Waals surface area contributed by atoms with E-state index in [1.165, 1.54) is 15.9 Å². The van der Waals surface area contributed by atoms with E-state index in [1.54, 1.807) is 25.3 Å². The summed E-state index contributed by atoms with van der Waals surface area (Å²) in [6, 6.07) is 24.3. The van der Waals surface area contributed by atoms with Crippen molar-refractivity contribution >= 4 is 22.5 Å². The zero-order chi connectivity index (χ0) is 22.8. The smallest absolute Gasteiger partial charge is 0.263 e. The Morgan fingerprint density at radius 1 is 1.00 bits per heavy atom. The zero-order valence-corrected chi connectivity index (χ0v) is 18.1. The first-order valence-corrected chi connectivity index (χ1v) is 10.7. The van der Waals surface area contributed by atoms with E-state index in [0.717, 1.165) is 22.6 Å². The predicted octanol–water partition coefficient (Wildman–Crippen LogP) is 3.78. The number of hydrazone groups is 1. The van der Waals surface area contributed by atoms with Crippen LogP contribution in [0.1, 0.15) is 23.6 Å². The molecule has 4 aromatic rings. The molecule has 0 saturated carbocycles. The summed E-state index contributed by atoms with van der Waals surface area (Å²) in [7, 11) is 1.62. The molecule has 7 heteroatoms. The van der Waals surface area contributed by atoms with E-state index in [9.17, 15) is 9.59 Å². The minimum Gasteiger partial charge on any atom is -0.497 e. The van der Waals surface area contributed by atoms with Crippen molar-refractivity contribution in [2.45, 2.75) is 19.0 Å². The second-order valence-electron chi connectivity index (χ2n) is 7.84. The topological polar surface area (TPSA) is 76.8 Å². The molecule has 3 aromatic carbocycles. The molecule has 0 aliphatic carbocycles. The van der Waals surface area contributed by atoms with Crippen molar-refractivity contribution in [3.8, 4) is 5.75 Å². The van der Waals surface area contributed by atoms with E-state index >= 15 is 0 Å². The van der Waals surface area contributed by atoms with Gasteiger partial charge in [0.15, 0.2) is 0 Å². The highest BCUT2D eigenvalue weighted by atomic mass is 16.5. The van der Waals surface area contributed by atoms with E-state index in [4.69, 9.17) is 4.74 Å². The molecule has 1 atom stereocenters. The quantitative estimate of drug-likeness (QED) is 0.475. The number of hydrogen-bond donors (Lipinski definition) is 0. The van der Waals surface area contributed by atoms with Crippen LogP contribution in [0, 0.1) is 0 Å². The molecule has 0 N–H and O–H groups in total. The lowest BCUT2D eigenvalue weighted by Gasteiger charge is -2.22. The molecule has 7 nitrogen and oxygen atoms in total. The second kappa shape index (κ2) is 8.70. The monoisotopic (exact) mass is 438 g/mol. The molecule has 0 unspecified atom stereocenters. The Kier molecular flexibility index (Phi) is 5.44. The molecule has 1 amide bonds. The van der Waals surface area contributed by atoms with Gasteiger partial charge in [-0.15, -0.1) is 0 Å². The SMILES string of the molecule is COc1ccc([C@@H]2CC(c3ccccc3)=NN2C(=O)Cn2cnc3ccccc3c2=O)cc1. The van der Waals surface area contributed by atoms with E-state index < -0.39 is 0 Å². The number of fused-ring (bicyclic) bond motifs is 1. The van der Waals surface area contributed by atoms with Gasteiger partial charge in [-0.1, -0.05) is 54.6 Å². The molecule has 2 heterocycles. The summed E-state index contributed by atoms with van der Waals surface area (Å²) in [6.07, 6.45) is 2.00. The molecule has 1 aliphatic rings. The minimum absolute atomic E-state index is 0.144. The average molecular weight is 438 g/mol. The van der Waals surface area contributed by atoms with Crippen LogP contribution in [0.25, 0.3) is 10.9 Å². The minimum atomic E-state index is -0.277. The number of ether oxygens (including phenoxy) is 1. The molecule has 5 rings (SSSR count). The van der Waals surface area contributed by atoms with Crippen molar-refractivity contribution in [2.24, 2.45) is 5.10 Å². The molecular weight excluding hydrogens is 416 g/mol. The first-order chi connectivity index (χ1) is 16.1. The highest BCUT2D eigenvalue weighted by molar-refractivity contribution is 6.03. The van der Waals surface area contributed by atoms with Gasteiger partial charge in [-0.25, -0.2) is 9.99 Å². The van der Waals surface area contributed by atoms with Gasteiger partial charge in [-0.2, -0.15) is 5.10 Å². The van der Waals surface area contributed by atoms with Crippen molar-refractivity contribution < 1.29 is 9.53 Å².